The first-order valence-corrected chi connectivity index (χ1v) is 8.72. The molecule has 5 nitrogen and oxygen atoms in total. The second-order valence-corrected chi connectivity index (χ2v) is 6.85. The topological polar surface area (TPSA) is 59.8 Å². The van der Waals surface area contributed by atoms with Crippen molar-refractivity contribution in [3.05, 3.63) is 71.5 Å². The number of hydrogen-bond donors (Lipinski definition) is 1. The molecular formula is C19H16N4OS. The van der Waals surface area contributed by atoms with Crippen molar-refractivity contribution in [1.29, 1.82) is 0 Å². The maximum atomic E-state index is 12.3. The SMILES string of the molecule is Cc1cc(C)n(-c2nc3cc(NC(=O)c4ccccc4)ccc3s2)n1. The third kappa shape index (κ3) is 3.04. The first-order chi connectivity index (χ1) is 12.1. The van der Waals surface area contributed by atoms with Gasteiger partial charge in [-0.25, -0.2) is 9.67 Å². The molecule has 25 heavy (non-hydrogen) atoms. The van der Waals surface area contributed by atoms with Crippen molar-refractivity contribution in [1.82, 2.24) is 14.8 Å². The van der Waals surface area contributed by atoms with Crippen molar-refractivity contribution in [3.63, 3.8) is 0 Å². The highest BCUT2D eigenvalue weighted by Gasteiger charge is 2.11. The Kier molecular flexibility index (Phi) is 3.82. The molecule has 0 atom stereocenters. The average Bonchev–Trinajstić information content (AvgIpc) is 3.17. The molecule has 2 heterocycles. The molecule has 0 unspecified atom stereocenters. The standard InChI is InChI=1S/C19H16N4OS/c1-12-10-13(2)23(22-12)19-21-16-11-15(8-9-17(16)25-19)20-18(24)14-6-4-3-5-7-14/h3-11H,1-2H3,(H,20,24). The van der Waals surface area contributed by atoms with Crippen LogP contribution in [-0.4, -0.2) is 20.7 Å². The van der Waals surface area contributed by atoms with Gasteiger partial charge in [0.05, 0.1) is 15.9 Å². The van der Waals surface area contributed by atoms with Crippen molar-refractivity contribution >= 4 is 33.1 Å². The lowest BCUT2D eigenvalue weighted by molar-refractivity contribution is 0.102. The van der Waals surface area contributed by atoms with Gasteiger partial charge in [-0.2, -0.15) is 5.10 Å². The Bertz CT molecular complexity index is 1070. The highest BCUT2D eigenvalue weighted by atomic mass is 32.1. The summed E-state index contributed by atoms with van der Waals surface area (Å²) >= 11 is 1.58. The number of amides is 1. The monoisotopic (exact) mass is 348 g/mol. The number of carbonyl (C=O) groups excluding carboxylic acids is 1. The zero-order valence-electron chi connectivity index (χ0n) is 13.9. The molecule has 1 N–H and O–H groups in total. The van der Waals surface area contributed by atoms with Gasteiger partial charge in [0.1, 0.15) is 0 Å². The fraction of sp³-hybridized carbons (Fsp3) is 0.105. The Labute approximate surface area is 149 Å². The summed E-state index contributed by atoms with van der Waals surface area (Å²) < 4.78 is 2.91. The third-order valence-corrected chi connectivity index (χ3v) is 4.87. The molecule has 0 fully saturated rings. The summed E-state index contributed by atoms with van der Waals surface area (Å²) in [5.74, 6) is -0.131. The van der Waals surface area contributed by atoms with Crippen LogP contribution >= 0.6 is 11.3 Å². The van der Waals surface area contributed by atoms with Crippen LogP contribution in [-0.2, 0) is 0 Å². The quantitative estimate of drug-likeness (QED) is 0.599. The molecule has 0 aliphatic rings. The van der Waals surface area contributed by atoms with Crippen LogP contribution in [0, 0.1) is 13.8 Å². The molecule has 1 amide bonds. The minimum absolute atomic E-state index is 0.131. The van der Waals surface area contributed by atoms with Crippen molar-refractivity contribution in [3.8, 4) is 5.13 Å². The minimum atomic E-state index is -0.131. The lowest BCUT2D eigenvalue weighted by atomic mass is 10.2. The Hall–Kier alpha value is -2.99. The van der Waals surface area contributed by atoms with E-state index >= 15 is 0 Å². The molecule has 0 spiro atoms. The number of thiazole rings is 1. The Balaban J connectivity index is 1.64. The van der Waals surface area contributed by atoms with E-state index in [1.165, 1.54) is 0 Å². The van der Waals surface area contributed by atoms with E-state index in [9.17, 15) is 4.79 Å². The summed E-state index contributed by atoms with van der Waals surface area (Å²) in [7, 11) is 0. The van der Waals surface area contributed by atoms with Crippen molar-refractivity contribution in [2.45, 2.75) is 13.8 Å². The van der Waals surface area contributed by atoms with Crippen LogP contribution in [0.1, 0.15) is 21.7 Å². The van der Waals surface area contributed by atoms with Gasteiger partial charge in [-0.05, 0) is 50.2 Å². The number of rotatable bonds is 3. The van der Waals surface area contributed by atoms with Gasteiger partial charge in [-0.15, -0.1) is 0 Å². The summed E-state index contributed by atoms with van der Waals surface area (Å²) in [5.41, 5.74) is 4.22. The number of anilines is 1. The molecule has 124 valence electrons. The number of fused-ring (bicyclic) bond motifs is 1. The van der Waals surface area contributed by atoms with E-state index in [2.05, 4.69) is 15.4 Å². The summed E-state index contributed by atoms with van der Waals surface area (Å²) in [4.78, 5) is 16.9. The van der Waals surface area contributed by atoms with Crippen LogP contribution in [0.3, 0.4) is 0 Å². The van der Waals surface area contributed by atoms with Crippen LogP contribution in [0.5, 0.6) is 0 Å². The van der Waals surface area contributed by atoms with E-state index in [1.54, 1.807) is 23.5 Å². The van der Waals surface area contributed by atoms with E-state index < -0.39 is 0 Å². The van der Waals surface area contributed by atoms with Gasteiger partial charge in [0.25, 0.3) is 5.91 Å². The molecule has 0 aliphatic carbocycles. The number of hydrogen-bond acceptors (Lipinski definition) is 4. The van der Waals surface area contributed by atoms with Gasteiger partial charge in [-0.1, -0.05) is 29.5 Å². The zero-order valence-corrected chi connectivity index (χ0v) is 14.7. The minimum Gasteiger partial charge on any atom is -0.322 e. The summed E-state index contributed by atoms with van der Waals surface area (Å²) in [6.45, 7) is 3.98. The molecule has 2 aromatic heterocycles. The molecular weight excluding hydrogens is 332 g/mol. The van der Waals surface area contributed by atoms with Crippen LogP contribution in [0.4, 0.5) is 5.69 Å². The maximum Gasteiger partial charge on any atom is 0.255 e. The third-order valence-electron chi connectivity index (χ3n) is 3.86. The van der Waals surface area contributed by atoms with Gasteiger partial charge in [0.15, 0.2) is 0 Å². The molecule has 4 aromatic rings. The predicted molar refractivity (Wildman–Crippen MR) is 101 cm³/mol. The second kappa shape index (κ2) is 6.14. The van der Waals surface area contributed by atoms with E-state index in [-0.39, 0.29) is 5.91 Å². The van der Waals surface area contributed by atoms with Gasteiger partial charge < -0.3 is 5.32 Å². The molecule has 0 bridgehead atoms. The van der Waals surface area contributed by atoms with Crippen LogP contribution in [0.25, 0.3) is 15.3 Å². The summed E-state index contributed by atoms with van der Waals surface area (Å²) in [6.07, 6.45) is 0. The molecule has 4 rings (SSSR count). The molecule has 0 aliphatic heterocycles. The van der Waals surface area contributed by atoms with Crippen molar-refractivity contribution in [2.75, 3.05) is 5.32 Å². The molecule has 2 aromatic carbocycles. The van der Waals surface area contributed by atoms with Gasteiger partial charge in [-0.3, -0.25) is 4.79 Å². The molecule has 0 saturated carbocycles. The van der Waals surface area contributed by atoms with E-state index in [1.807, 2.05) is 61.0 Å². The normalized spacial score (nSPS) is 11.0. The Morgan fingerprint density at radius 3 is 2.60 bits per heavy atom. The Morgan fingerprint density at radius 1 is 1.08 bits per heavy atom. The summed E-state index contributed by atoms with van der Waals surface area (Å²) in [5, 5.41) is 8.23. The fourth-order valence-corrected chi connectivity index (χ4v) is 3.66. The molecule has 0 saturated heterocycles. The van der Waals surface area contributed by atoms with Gasteiger partial charge >= 0.3 is 0 Å². The maximum absolute atomic E-state index is 12.3. The smallest absolute Gasteiger partial charge is 0.255 e. The number of aryl methyl sites for hydroxylation is 2. The van der Waals surface area contributed by atoms with Crippen LogP contribution in [0.15, 0.2) is 54.6 Å². The number of benzene rings is 2. The number of carbonyl (C=O) groups is 1. The highest BCUT2D eigenvalue weighted by molar-refractivity contribution is 7.20. The van der Waals surface area contributed by atoms with E-state index in [4.69, 9.17) is 0 Å². The van der Waals surface area contributed by atoms with Crippen LogP contribution < -0.4 is 5.32 Å². The number of nitrogens with one attached hydrogen (secondary N) is 1. The Morgan fingerprint density at radius 2 is 1.88 bits per heavy atom. The fourth-order valence-electron chi connectivity index (χ4n) is 2.70. The highest BCUT2D eigenvalue weighted by Crippen LogP contribution is 2.28. The second-order valence-electron chi connectivity index (χ2n) is 5.84. The van der Waals surface area contributed by atoms with Gasteiger partial charge in [0, 0.05) is 16.9 Å². The van der Waals surface area contributed by atoms with Crippen molar-refractivity contribution < 1.29 is 4.79 Å². The average molecular weight is 348 g/mol. The van der Waals surface area contributed by atoms with Crippen LogP contribution in [0.2, 0.25) is 0 Å². The molecule has 0 radical (unpaired) electrons. The lowest BCUT2D eigenvalue weighted by Gasteiger charge is -2.04. The first-order valence-electron chi connectivity index (χ1n) is 7.91. The largest absolute Gasteiger partial charge is 0.322 e. The first kappa shape index (κ1) is 15.5. The lowest BCUT2D eigenvalue weighted by Crippen LogP contribution is -2.11. The van der Waals surface area contributed by atoms with Gasteiger partial charge in [0.2, 0.25) is 5.13 Å². The predicted octanol–water partition coefficient (Wildman–Crippen LogP) is 4.35. The molecule has 6 heteroatoms. The number of nitrogens with zero attached hydrogens (tertiary/aromatic N) is 3. The van der Waals surface area contributed by atoms with E-state index in [0.717, 1.165) is 32.4 Å². The summed E-state index contributed by atoms with van der Waals surface area (Å²) in [6, 6.07) is 16.9. The number of aromatic nitrogens is 3. The van der Waals surface area contributed by atoms with E-state index in [0.29, 0.717) is 5.56 Å². The van der Waals surface area contributed by atoms with Crippen molar-refractivity contribution in [2.24, 2.45) is 0 Å². The zero-order chi connectivity index (χ0) is 17.4.